The fourth-order valence-corrected chi connectivity index (χ4v) is 5.87. The highest BCUT2D eigenvalue weighted by molar-refractivity contribution is 6.24. The summed E-state index contributed by atoms with van der Waals surface area (Å²) < 4.78 is 0. The zero-order chi connectivity index (χ0) is 27.9. The number of nitrogens with zero attached hydrogens (tertiary/aromatic N) is 3. The smallest absolute Gasteiger partial charge is 0.264 e. The number of fused-ring (bicyclic) bond motifs is 1. The van der Waals surface area contributed by atoms with Gasteiger partial charge in [0.2, 0.25) is 5.91 Å². The second-order valence-electron chi connectivity index (χ2n) is 11.9. The fourth-order valence-electron chi connectivity index (χ4n) is 5.87. The molecule has 2 aromatic rings. The van der Waals surface area contributed by atoms with E-state index in [9.17, 15) is 19.5 Å². The lowest BCUT2D eigenvalue weighted by Gasteiger charge is -2.42. The topological polar surface area (TPSA) is 105 Å². The molecule has 2 saturated heterocycles. The lowest BCUT2D eigenvalue weighted by molar-refractivity contribution is -0.129. The number of hydrogen-bond donors (Lipinski definition) is 3. The molecule has 2 unspecified atom stereocenters. The lowest BCUT2D eigenvalue weighted by Crippen LogP contribution is -2.57. The minimum absolute atomic E-state index is 0.155. The predicted octanol–water partition coefficient (Wildman–Crippen LogP) is 2.72. The molecule has 9 nitrogen and oxygen atoms in total. The first-order valence-electron chi connectivity index (χ1n) is 13.8. The highest BCUT2D eigenvalue weighted by atomic mass is 16.3. The standard InChI is InChI=1S/C30H39N5O4/c1-19-16-20(18-33-12-14-34(15-13-33)30(2,3)4)8-9-21(19)17-31-23-7-5-6-22-26(23)29(39)35(28(22)38)24-10-11-25(36)32-27(24)37/h5-9,16,24,27,31,37H,10-15,17-18H2,1-4H3,(H,32,36). The Morgan fingerprint density at radius 2 is 1.77 bits per heavy atom. The van der Waals surface area contributed by atoms with Crippen LogP contribution in [-0.2, 0) is 17.9 Å². The molecule has 3 heterocycles. The van der Waals surface area contributed by atoms with E-state index < -0.39 is 24.1 Å². The molecule has 3 aliphatic heterocycles. The van der Waals surface area contributed by atoms with Crippen molar-refractivity contribution in [1.29, 1.82) is 0 Å². The Morgan fingerprint density at radius 3 is 2.44 bits per heavy atom. The molecule has 9 heteroatoms. The summed E-state index contributed by atoms with van der Waals surface area (Å²) in [7, 11) is 0. The maximum atomic E-state index is 13.4. The molecule has 3 aliphatic rings. The summed E-state index contributed by atoms with van der Waals surface area (Å²) in [5.74, 6) is -1.18. The van der Waals surface area contributed by atoms with Gasteiger partial charge in [-0.15, -0.1) is 0 Å². The third kappa shape index (κ3) is 5.57. The number of hydrogen-bond acceptors (Lipinski definition) is 7. The van der Waals surface area contributed by atoms with E-state index in [2.05, 4.69) is 66.3 Å². The van der Waals surface area contributed by atoms with Crippen molar-refractivity contribution in [2.45, 2.75) is 71.4 Å². The van der Waals surface area contributed by atoms with E-state index >= 15 is 0 Å². The third-order valence-electron chi connectivity index (χ3n) is 8.22. The molecule has 0 saturated carbocycles. The van der Waals surface area contributed by atoms with Crippen LogP contribution < -0.4 is 10.6 Å². The van der Waals surface area contributed by atoms with Gasteiger partial charge in [0.25, 0.3) is 11.8 Å². The molecule has 2 atom stereocenters. The van der Waals surface area contributed by atoms with Crippen molar-refractivity contribution in [3.05, 3.63) is 64.2 Å². The Hall–Kier alpha value is -3.27. The number of aliphatic hydroxyl groups is 1. The number of aryl methyl sites for hydroxylation is 1. The van der Waals surface area contributed by atoms with E-state index in [4.69, 9.17) is 0 Å². The molecular formula is C30H39N5O4. The molecule has 5 rings (SSSR count). The van der Waals surface area contributed by atoms with Crippen molar-refractivity contribution in [3.63, 3.8) is 0 Å². The highest BCUT2D eigenvalue weighted by Crippen LogP contribution is 2.33. The Bertz CT molecular complexity index is 1280. The number of imide groups is 1. The van der Waals surface area contributed by atoms with Gasteiger partial charge in [0.1, 0.15) is 6.23 Å². The van der Waals surface area contributed by atoms with Crippen molar-refractivity contribution in [3.8, 4) is 0 Å². The van der Waals surface area contributed by atoms with Crippen LogP contribution >= 0.6 is 0 Å². The number of anilines is 1. The van der Waals surface area contributed by atoms with Crippen LogP contribution in [0.2, 0.25) is 0 Å². The van der Waals surface area contributed by atoms with Gasteiger partial charge in [-0.25, -0.2) is 0 Å². The summed E-state index contributed by atoms with van der Waals surface area (Å²) >= 11 is 0. The Labute approximate surface area is 230 Å². The zero-order valence-corrected chi connectivity index (χ0v) is 23.3. The van der Waals surface area contributed by atoms with Crippen LogP contribution in [-0.4, -0.2) is 81.5 Å². The number of piperidine rings is 1. The number of aliphatic hydroxyl groups excluding tert-OH is 1. The number of rotatable bonds is 6. The normalized spacial score (nSPS) is 22.7. The van der Waals surface area contributed by atoms with E-state index in [0.29, 0.717) is 23.4 Å². The van der Waals surface area contributed by atoms with Crippen molar-refractivity contribution in [2.24, 2.45) is 0 Å². The highest BCUT2D eigenvalue weighted by Gasteiger charge is 2.45. The molecule has 0 radical (unpaired) electrons. The first-order chi connectivity index (χ1) is 18.5. The van der Waals surface area contributed by atoms with Gasteiger partial charge in [-0.3, -0.25) is 29.1 Å². The van der Waals surface area contributed by atoms with Gasteiger partial charge in [-0.1, -0.05) is 24.3 Å². The Morgan fingerprint density at radius 1 is 1.03 bits per heavy atom. The van der Waals surface area contributed by atoms with E-state index in [1.165, 1.54) is 11.1 Å². The van der Waals surface area contributed by atoms with Gasteiger partial charge in [0.15, 0.2) is 0 Å². The van der Waals surface area contributed by atoms with E-state index in [1.807, 2.05) is 0 Å². The van der Waals surface area contributed by atoms with Crippen molar-refractivity contribution in [1.82, 2.24) is 20.0 Å². The first kappa shape index (κ1) is 27.3. The van der Waals surface area contributed by atoms with Crippen molar-refractivity contribution < 1.29 is 19.5 Å². The van der Waals surface area contributed by atoms with E-state index in [0.717, 1.165) is 43.2 Å². The second-order valence-corrected chi connectivity index (χ2v) is 11.9. The minimum atomic E-state index is -1.27. The predicted molar refractivity (Wildman–Crippen MR) is 149 cm³/mol. The molecule has 3 amide bonds. The van der Waals surface area contributed by atoms with Crippen LogP contribution in [0.15, 0.2) is 36.4 Å². The first-order valence-corrected chi connectivity index (χ1v) is 13.8. The number of piperazine rings is 1. The molecule has 2 fully saturated rings. The summed E-state index contributed by atoms with van der Waals surface area (Å²) in [4.78, 5) is 44.3. The molecule has 0 aromatic heterocycles. The van der Waals surface area contributed by atoms with Gasteiger partial charge in [-0.05, 0) is 62.9 Å². The fraction of sp³-hybridized carbons (Fsp3) is 0.500. The molecule has 208 valence electrons. The zero-order valence-electron chi connectivity index (χ0n) is 23.3. The average Bonchev–Trinajstić information content (AvgIpc) is 3.14. The van der Waals surface area contributed by atoms with E-state index in [1.54, 1.807) is 18.2 Å². The van der Waals surface area contributed by atoms with Crippen LogP contribution in [0.3, 0.4) is 0 Å². The number of carbonyl (C=O) groups excluding carboxylic acids is 3. The van der Waals surface area contributed by atoms with Crippen LogP contribution in [0.5, 0.6) is 0 Å². The van der Waals surface area contributed by atoms with Gasteiger partial charge in [-0.2, -0.15) is 0 Å². The average molecular weight is 534 g/mol. The monoisotopic (exact) mass is 533 g/mol. The summed E-state index contributed by atoms with van der Waals surface area (Å²) in [6, 6.07) is 10.9. The maximum absolute atomic E-state index is 13.4. The van der Waals surface area contributed by atoms with Gasteiger partial charge < -0.3 is 15.7 Å². The molecule has 0 spiro atoms. The summed E-state index contributed by atoms with van der Waals surface area (Å²) in [6.07, 6.45) is -0.879. The largest absolute Gasteiger partial charge is 0.380 e. The number of amides is 3. The summed E-state index contributed by atoms with van der Waals surface area (Å²) in [5, 5.41) is 16.1. The lowest BCUT2D eigenvalue weighted by atomic mass is 10.0. The quantitative estimate of drug-likeness (QED) is 0.491. The molecule has 2 aromatic carbocycles. The number of nitrogens with one attached hydrogen (secondary N) is 2. The SMILES string of the molecule is Cc1cc(CN2CCN(C(C)(C)C)CC2)ccc1CNc1cccc2c1C(=O)N(C1CCC(=O)NC1O)C2=O. The molecule has 0 aliphatic carbocycles. The maximum Gasteiger partial charge on any atom is 0.264 e. The third-order valence-corrected chi connectivity index (χ3v) is 8.22. The van der Waals surface area contributed by atoms with Crippen molar-refractivity contribution >= 4 is 23.4 Å². The van der Waals surface area contributed by atoms with Crippen LogP contribution in [0.25, 0.3) is 0 Å². The van der Waals surface area contributed by atoms with Crippen molar-refractivity contribution in [2.75, 3.05) is 31.5 Å². The Balaban J connectivity index is 1.24. The summed E-state index contributed by atoms with van der Waals surface area (Å²) in [5.41, 5.74) is 5.00. The van der Waals surface area contributed by atoms with Crippen LogP contribution in [0.1, 0.15) is 71.0 Å². The van der Waals surface area contributed by atoms with E-state index in [-0.39, 0.29) is 24.3 Å². The molecule has 3 N–H and O–H groups in total. The van der Waals surface area contributed by atoms with Gasteiger partial charge in [0, 0.05) is 56.9 Å². The molecule has 39 heavy (non-hydrogen) atoms. The number of carbonyl (C=O) groups is 3. The number of benzene rings is 2. The van der Waals surface area contributed by atoms with Gasteiger partial charge >= 0.3 is 0 Å². The second kappa shape index (κ2) is 10.7. The van der Waals surface area contributed by atoms with Gasteiger partial charge in [0.05, 0.1) is 17.2 Å². The molecular weight excluding hydrogens is 494 g/mol. The van der Waals surface area contributed by atoms with Crippen LogP contribution in [0, 0.1) is 6.92 Å². The van der Waals surface area contributed by atoms with Crippen LogP contribution in [0.4, 0.5) is 5.69 Å². The Kier molecular flexibility index (Phi) is 7.50. The minimum Gasteiger partial charge on any atom is -0.380 e. The summed E-state index contributed by atoms with van der Waals surface area (Å²) in [6.45, 7) is 14.6. The molecule has 0 bridgehead atoms.